The quantitative estimate of drug-likeness (QED) is 0.737. The molecule has 2 atom stereocenters. The molecule has 0 saturated carbocycles. The molecular formula is C13H20N2O. The second-order valence-electron chi connectivity index (χ2n) is 4.70. The molecule has 1 heterocycles. The van der Waals surface area contributed by atoms with Gasteiger partial charge >= 0.3 is 0 Å². The summed E-state index contributed by atoms with van der Waals surface area (Å²) in [6.07, 6.45) is 0.567. The molecule has 88 valence electrons. The largest absolute Gasteiger partial charge is 0.398 e. The van der Waals surface area contributed by atoms with Crippen molar-refractivity contribution in [1.82, 2.24) is 0 Å². The maximum absolute atomic E-state index is 5.94. The third kappa shape index (κ3) is 2.30. The van der Waals surface area contributed by atoms with Crippen molar-refractivity contribution >= 4 is 11.4 Å². The Kier molecular flexibility index (Phi) is 3.06. The van der Waals surface area contributed by atoms with Gasteiger partial charge in [-0.2, -0.15) is 0 Å². The van der Waals surface area contributed by atoms with Crippen molar-refractivity contribution in [2.24, 2.45) is 0 Å². The van der Waals surface area contributed by atoms with Gasteiger partial charge in [-0.1, -0.05) is 6.07 Å². The van der Waals surface area contributed by atoms with Crippen LogP contribution in [-0.2, 0) is 4.74 Å². The lowest BCUT2D eigenvalue weighted by atomic mass is 10.1. The van der Waals surface area contributed by atoms with E-state index < -0.39 is 0 Å². The van der Waals surface area contributed by atoms with E-state index in [0.717, 1.165) is 24.3 Å². The maximum atomic E-state index is 5.94. The number of benzene rings is 1. The lowest BCUT2D eigenvalue weighted by Gasteiger charge is -2.37. The first kappa shape index (κ1) is 11.3. The normalized spacial score (nSPS) is 25.8. The van der Waals surface area contributed by atoms with E-state index in [1.54, 1.807) is 0 Å². The first-order chi connectivity index (χ1) is 7.56. The number of aryl methyl sites for hydroxylation is 1. The Bertz CT molecular complexity index is 368. The van der Waals surface area contributed by atoms with Crippen LogP contribution in [0.3, 0.4) is 0 Å². The van der Waals surface area contributed by atoms with Crippen LogP contribution in [0.2, 0.25) is 0 Å². The van der Waals surface area contributed by atoms with Gasteiger partial charge in [-0.05, 0) is 38.5 Å². The highest BCUT2D eigenvalue weighted by Crippen LogP contribution is 2.24. The van der Waals surface area contributed by atoms with Crippen molar-refractivity contribution in [2.45, 2.75) is 33.0 Å². The Morgan fingerprint density at radius 2 is 1.88 bits per heavy atom. The first-order valence-electron chi connectivity index (χ1n) is 5.83. The van der Waals surface area contributed by atoms with Gasteiger partial charge in [0.05, 0.1) is 12.2 Å². The highest BCUT2D eigenvalue weighted by Gasteiger charge is 2.22. The summed E-state index contributed by atoms with van der Waals surface area (Å²) in [6, 6.07) is 6.27. The Labute approximate surface area is 97.2 Å². The molecule has 0 bridgehead atoms. The van der Waals surface area contributed by atoms with E-state index in [-0.39, 0.29) is 12.2 Å². The number of hydrogen-bond acceptors (Lipinski definition) is 3. The smallest absolute Gasteiger partial charge is 0.0726 e. The zero-order valence-corrected chi connectivity index (χ0v) is 10.2. The minimum Gasteiger partial charge on any atom is -0.398 e. The summed E-state index contributed by atoms with van der Waals surface area (Å²) >= 11 is 0. The minimum atomic E-state index is 0.284. The van der Waals surface area contributed by atoms with Gasteiger partial charge in [0, 0.05) is 24.5 Å². The summed E-state index contributed by atoms with van der Waals surface area (Å²) < 4.78 is 5.72. The van der Waals surface area contributed by atoms with Crippen molar-refractivity contribution in [1.29, 1.82) is 0 Å². The third-order valence-electron chi connectivity index (χ3n) is 3.05. The average molecular weight is 220 g/mol. The SMILES string of the molecule is Cc1ccc(N2C[C@@H](C)O[C@@H](C)C2)cc1N. The molecule has 2 rings (SSSR count). The standard InChI is InChI=1S/C13H20N2O/c1-9-4-5-12(6-13(9)14)15-7-10(2)16-11(3)8-15/h4-6,10-11H,7-8,14H2,1-3H3/t10-,11+. The van der Waals surface area contributed by atoms with Gasteiger partial charge in [0.25, 0.3) is 0 Å². The first-order valence-corrected chi connectivity index (χ1v) is 5.83. The number of hydrogen-bond donors (Lipinski definition) is 1. The molecule has 0 unspecified atom stereocenters. The molecule has 1 aromatic rings. The van der Waals surface area contributed by atoms with Gasteiger partial charge in [-0.25, -0.2) is 0 Å². The second-order valence-corrected chi connectivity index (χ2v) is 4.70. The van der Waals surface area contributed by atoms with E-state index in [1.807, 2.05) is 6.92 Å². The van der Waals surface area contributed by atoms with Crippen molar-refractivity contribution in [3.05, 3.63) is 23.8 Å². The molecule has 3 heteroatoms. The molecule has 16 heavy (non-hydrogen) atoms. The Hall–Kier alpha value is -1.22. The molecule has 0 amide bonds. The number of nitrogen functional groups attached to an aromatic ring is 1. The van der Waals surface area contributed by atoms with Crippen molar-refractivity contribution in [3.63, 3.8) is 0 Å². The van der Waals surface area contributed by atoms with Crippen LogP contribution in [0.5, 0.6) is 0 Å². The summed E-state index contributed by atoms with van der Waals surface area (Å²) in [5, 5.41) is 0. The topological polar surface area (TPSA) is 38.5 Å². The van der Waals surface area contributed by atoms with Gasteiger partial charge in [-0.15, -0.1) is 0 Å². The summed E-state index contributed by atoms with van der Waals surface area (Å²) in [7, 11) is 0. The zero-order chi connectivity index (χ0) is 11.7. The second kappa shape index (κ2) is 4.34. The van der Waals surface area contributed by atoms with E-state index in [2.05, 4.69) is 36.9 Å². The van der Waals surface area contributed by atoms with Crippen LogP contribution in [0, 0.1) is 6.92 Å². The van der Waals surface area contributed by atoms with E-state index in [9.17, 15) is 0 Å². The monoisotopic (exact) mass is 220 g/mol. The number of nitrogens with zero attached hydrogens (tertiary/aromatic N) is 1. The number of morpholine rings is 1. The highest BCUT2D eigenvalue weighted by atomic mass is 16.5. The van der Waals surface area contributed by atoms with Gasteiger partial charge in [0.2, 0.25) is 0 Å². The lowest BCUT2D eigenvalue weighted by Crippen LogP contribution is -2.45. The number of ether oxygens (including phenoxy) is 1. The maximum Gasteiger partial charge on any atom is 0.0726 e. The van der Waals surface area contributed by atoms with Crippen LogP contribution in [0.15, 0.2) is 18.2 Å². The van der Waals surface area contributed by atoms with E-state index in [0.29, 0.717) is 0 Å². The van der Waals surface area contributed by atoms with Crippen molar-refractivity contribution in [2.75, 3.05) is 23.7 Å². The Morgan fingerprint density at radius 3 is 2.44 bits per heavy atom. The predicted molar refractivity (Wildman–Crippen MR) is 67.8 cm³/mol. The molecule has 0 radical (unpaired) electrons. The van der Waals surface area contributed by atoms with Crippen molar-refractivity contribution in [3.8, 4) is 0 Å². The van der Waals surface area contributed by atoms with Crippen LogP contribution in [0.4, 0.5) is 11.4 Å². The predicted octanol–water partition coefficient (Wildman–Crippen LogP) is 2.19. The summed E-state index contributed by atoms with van der Waals surface area (Å²) in [5.74, 6) is 0. The third-order valence-corrected chi connectivity index (χ3v) is 3.05. The fraction of sp³-hybridized carbons (Fsp3) is 0.538. The molecule has 1 saturated heterocycles. The van der Waals surface area contributed by atoms with E-state index in [1.165, 1.54) is 5.69 Å². The fourth-order valence-electron chi connectivity index (χ4n) is 2.21. The van der Waals surface area contributed by atoms with Crippen LogP contribution in [0.1, 0.15) is 19.4 Å². The number of rotatable bonds is 1. The molecule has 2 N–H and O–H groups in total. The highest BCUT2D eigenvalue weighted by molar-refractivity contribution is 5.60. The van der Waals surface area contributed by atoms with Crippen LogP contribution in [-0.4, -0.2) is 25.3 Å². The van der Waals surface area contributed by atoms with Gasteiger partial charge in [0.15, 0.2) is 0 Å². The molecule has 1 aromatic carbocycles. The molecule has 0 spiro atoms. The molecule has 0 aromatic heterocycles. The summed E-state index contributed by atoms with van der Waals surface area (Å²) in [5.41, 5.74) is 9.14. The van der Waals surface area contributed by atoms with Gasteiger partial charge in [0.1, 0.15) is 0 Å². The van der Waals surface area contributed by atoms with Crippen molar-refractivity contribution < 1.29 is 4.74 Å². The van der Waals surface area contributed by atoms with Gasteiger partial charge in [-0.3, -0.25) is 0 Å². The minimum absolute atomic E-state index is 0.284. The van der Waals surface area contributed by atoms with Crippen LogP contribution >= 0.6 is 0 Å². The fourth-order valence-corrected chi connectivity index (χ4v) is 2.21. The van der Waals surface area contributed by atoms with Crippen LogP contribution in [0.25, 0.3) is 0 Å². The number of anilines is 2. The lowest BCUT2D eigenvalue weighted by molar-refractivity contribution is -0.00521. The molecule has 0 aliphatic carbocycles. The number of nitrogens with two attached hydrogens (primary N) is 1. The molecule has 1 fully saturated rings. The molecule has 1 aliphatic rings. The molecular weight excluding hydrogens is 200 g/mol. The Morgan fingerprint density at radius 1 is 1.25 bits per heavy atom. The van der Waals surface area contributed by atoms with Gasteiger partial charge < -0.3 is 15.4 Å². The summed E-state index contributed by atoms with van der Waals surface area (Å²) in [4.78, 5) is 2.34. The zero-order valence-electron chi connectivity index (χ0n) is 10.2. The average Bonchev–Trinajstić information content (AvgIpc) is 2.20. The van der Waals surface area contributed by atoms with E-state index in [4.69, 9.17) is 10.5 Å². The molecule has 3 nitrogen and oxygen atoms in total. The molecule has 1 aliphatic heterocycles. The van der Waals surface area contributed by atoms with Crippen LogP contribution < -0.4 is 10.6 Å². The van der Waals surface area contributed by atoms with E-state index >= 15 is 0 Å². The Balaban J connectivity index is 2.19. The summed E-state index contributed by atoms with van der Waals surface area (Å²) in [6.45, 7) is 8.13.